The summed E-state index contributed by atoms with van der Waals surface area (Å²) < 4.78 is 0. The van der Waals surface area contributed by atoms with Gasteiger partial charge in [-0.25, -0.2) is 0 Å². The molecule has 0 bridgehead atoms. The number of hydrogen-bond donors (Lipinski definition) is 0. The van der Waals surface area contributed by atoms with Gasteiger partial charge in [0.2, 0.25) is 0 Å². The van der Waals surface area contributed by atoms with E-state index in [0.29, 0.717) is 0 Å². The summed E-state index contributed by atoms with van der Waals surface area (Å²) in [5.74, 6) is 0. The van der Waals surface area contributed by atoms with Gasteiger partial charge in [0, 0.05) is 21.7 Å². The molecule has 0 N–H and O–H groups in total. The summed E-state index contributed by atoms with van der Waals surface area (Å²) in [6.45, 7) is 0. The maximum atomic E-state index is 2.47. The van der Waals surface area contributed by atoms with E-state index in [-0.39, 0.29) is 78.0 Å². The van der Waals surface area contributed by atoms with Crippen molar-refractivity contribution in [1.29, 1.82) is 0 Å². The van der Waals surface area contributed by atoms with Crippen molar-refractivity contribution < 1.29 is 24.6 Å². The third kappa shape index (κ3) is 17.8. The summed E-state index contributed by atoms with van der Waals surface area (Å²) in [7, 11) is 0. The van der Waals surface area contributed by atoms with Crippen LogP contribution in [0.5, 0.6) is 0 Å². The Kier molecular flexibility index (Phi) is 51.0. The summed E-state index contributed by atoms with van der Waals surface area (Å²) in [6.07, 6.45) is 0. The van der Waals surface area contributed by atoms with Crippen LogP contribution in [0.25, 0.3) is 0 Å². The second-order valence-corrected chi connectivity index (χ2v) is 28.2. The third-order valence-electron chi connectivity index (χ3n) is 0. The minimum absolute atomic E-state index is 0. The largest absolute Gasteiger partial charge is 0 e. The molecule has 0 rings (SSSR count). The minimum Gasteiger partial charge on any atom is 0 e. The summed E-state index contributed by atoms with van der Waals surface area (Å²) >= 11 is 4.96. The number of rotatable bonds is 0. The van der Waals surface area contributed by atoms with Crippen molar-refractivity contribution >= 4 is 88.9 Å². The van der Waals surface area contributed by atoms with E-state index >= 15 is 0 Å². The molecule has 0 atom stereocenters. The van der Waals surface area contributed by atoms with Crippen LogP contribution in [0.3, 0.4) is 0 Å². The molecule has 0 saturated heterocycles. The molecule has 0 saturated carbocycles. The molecule has 2 radical (unpaired) electrons. The first kappa shape index (κ1) is 16.2. The predicted molar refractivity (Wildman–Crippen MR) is 41.8 cm³/mol. The summed E-state index contributed by atoms with van der Waals surface area (Å²) in [4.78, 5) is 0. The van der Waals surface area contributed by atoms with Gasteiger partial charge < -0.3 is 2.85 Å². The molecule has 5 heteroatoms. The van der Waals surface area contributed by atoms with Gasteiger partial charge in [-0.05, 0) is 0 Å². The molecule has 0 heterocycles. The van der Waals surface area contributed by atoms with Crippen LogP contribution in [0.15, 0.2) is 0 Å². The number of halogens is 2. The first-order valence-corrected chi connectivity index (χ1v) is 22.2. The van der Waals surface area contributed by atoms with Crippen molar-refractivity contribution in [3.8, 4) is 0 Å². The first-order valence-electron chi connectivity index (χ1n) is 0.378. The molecule has 0 spiro atoms. The van der Waals surface area contributed by atoms with Crippen LogP contribution in [0.4, 0.5) is 0 Å². The van der Waals surface area contributed by atoms with Crippen LogP contribution in [-0.4, -0.2) is 53.4 Å². The quantitative estimate of drug-likeness (QED) is 0.315. The maximum absolute atomic E-state index is 2.47. The zero-order chi connectivity index (χ0) is 2.71. The summed E-state index contributed by atoms with van der Waals surface area (Å²) in [5.41, 5.74) is 0. The zero-order valence-corrected chi connectivity index (χ0v) is 14.4. The fourth-order valence-electron chi connectivity index (χ4n) is 0. The fraction of sp³-hybridized carbons (Fsp3) is 0. The molecule has 0 nitrogen and oxygen atoms in total. The Balaban J connectivity index is -0.00000000333. The Morgan fingerprint density at radius 3 is 1.40 bits per heavy atom. The zero-order valence-electron chi connectivity index (χ0n) is 4.46. The van der Waals surface area contributed by atoms with Crippen LogP contribution in [0.1, 0.15) is 2.85 Å². The normalized spacial score (nSPS) is 3.60. The smallest absolute Gasteiger partial charge is 0 e. The summed E-state index contributed by atoms with van der Waals surface area (Å²) in [6, 6.07) is 0. The Hall–Kier alpha value is 4.36. The standard InChI is InChI=1S/Ca.2HI.Pb.Ti.2H/h;2*1H;;;;/q+2;;;+2;;2*-1/p-2. The molecule has 0 aromatic heterocycles. The molecule has 0 aliphatic rings. The van der Waals surface area contributed by atoms with Crippen LogP contribution < -0.4 is 0 Å². The molecule has 0 aliphatic carbocycles. The minimum atomic E-state index is 0. The molecule has 0 aliphatic heterocycles. The monoisotopic (exact) mass is 552 g/mol. The average molecular weight is 551 g/mol. The van der Waals surface area contributed by atoms with E-state index in [9.17, 15) is 0 Å². The van der Waals surface area contributed by atoms with Crippen molar-refractivity contribution in [3.63, 3.8) is 0 Å². The Morgan fingerprint density at radius 2 is 1.40 bits per heavy atom. The molecule has 0 unspecified atom stereocenters. The summed E-state index contributed by atoms with van der Waals surface area (Å²) in [5, 5.41) is 0. The van der Waals surface area contributed by atoms with Crippen molar-refractivity contribution in [2.45, 2.75) is 0 Å². The van der Waals surface area contributed by atoms with Gasteiger partial charge in [0.25, 0.3) is 0 Å². The van der Waals surface area contributed by atoms with Gasteiger partial charge in [-0.1, -0.05) is 0 Å². The van der Waals surface area contributed by atoms with Gasteiger partial charge in [0.1, 0.15) is 0 Å². The maximum Gasteiger partial charge on any atom is 0 e. The second-order valence-electron chi connectivity index (χ2n) is 0.0714. The van der Waals surface area contributed by atoms with E-state index in [1.807, 2.05) is 0 Å². The predicted octanol–water partition coefficient (Wildman–Crippen LogP) is 1.23. The van der Waals surface area contributed by atoms with Crippen molar-refractivity contribution in [2.24, 2.45) is 0 Å². The van der Waals surface area contributed by atoms with E-state index in [1.54, 1.807) is 0 Å². The molecule has 0 aromatic rings. The average Bonchev–Trinajstić information content (AvgIpc) is 0.918. The van der Waals surface area contributed by atoms with Gasteiger partial charge in [0.05, 0.1) is 0 Å². The molecule has 5 heavy (non-hydrogen) atoms. The van der Waals surface area contributed by atoms with E-state index in [0.717, 1.165) is 0 Å². The van der Waals surface area contributed by atoms with Gasteiger partial charge >= 0.3 is 88.9 Å². The van der Waals surface area contributed by atoms with E-state index in [1.165, 1.54) is 0 Å². The van der Waals surface area contributed by atoms with Crippen molar-refractivity contribution in [2.75, 3.05) is 0 Å². The van der Waals surface area contributed by atoms with E-state index in [4.69, 9.17) is 0 Å². The van der Waals surface area contributed by atoms with Crippen LogP contribution in [0, 0.1) is 0 Å². The van der Waals surface area contributed by atoms with E-state index < -0.39 is 0 Å². The SMILES string of the molecule is [Ca+2].[H-].[H-].[I][Pb][I].[Ti]. The van der Waals surface area contributed by atoms with Gasteiger partial charge in [-0.3, -0.25) is 0 Å². The Morgan fingerprint density at radius 1 is 1.40 bits per heavy atom. The van der Waals surface area contributed by atoms with Crippen LogP contribution in [-0.2, 0) is 21.7 Å². The van der Waals surface area contributed by atoms with Crippen molar-refractivity contribution in [1.82, 2.24) is 0 Å². The van der Waals surface area contributed by atoms with Crippen LogP contribution in [0.2, 0.25) is 0 Å². The topological polar surface area (TPSA) is 0 Å². The fourth-order valence-corrected chi connectivity index (χ4v) is 0. The second kappa shape index (κ2) is 15.8. The van der Waals surface area contributed by atoms with Gasteiger partial charge in [0.15, 0.2) is 0 Å². The molecule has 0 aromatic carbocycles. The Bertz CT molecular complexity index is 15.7. The van der Waals surface area contributed by atoms with Gasteiger partial charge in [-0.2, -0.15) is 0 Å². The molecular formula is H2CaI2PbTi. The van der Waals surface area contributed by atoms with Crippen molar-refractivity contribution in [3.05, 3.63) is 0 Å². The molecule has 0 amide bonds. The van der Waals surface area contributed by atoms with Crippen LogP contribution >= 0.6 is 35.5 Å². The first-order chi connectivity index (χ1) is 1.41. The van der Waals surface area contributed by atoms with E-state index in [2.05, 4.69) is 35.5 Å². The number of hydrogen-bond acceptors (Lipinski definition) is 0. The molecular weight excluding hydrogens is 549 g/mol. The molecule has 26 valence electrons. The third-order valence-corrected chi connectivity index (χ3v) is 0. The Labute approximate surface area is 110 Å². The van der Waals surface area contributed by atoms with Gasteiger partial charge in [-0.15, -0.1) is 0 Å². The molecule has 0 fully saturated rings.